The van der Waals surface area contributed by atoms with E-state index in [2.05, 4.69) is 60.1 Å². The van der Waals surface area contributed by atoms with E-state index in [4.69, 9.17) is 11.3 Å². The first kappa shape index (κ1) is 26.9. The van der Waals surface area contributed by atoms with Gasteiger partial charge in [-0.3, -0.25) is 4.98 Å². The summed E-state index contributed by atoms with van der Waals surface area (Å²) in [6.45, 7) is 9.18. The standard InChI is InChI=1S/C32H29N6O/c1-35-28(22-34)32(27-12-8-17-36-23-27)26(21-33)14-16-31-37(18-9-19-38(2,3)4)29-20-25(13-15-30(29)39-31)24-10-6-5-7-11-24/h5-8,10-17,20,23H,9,18-19H2,2-4H3/q+1/b26-14+,31-16-,32-28-. The number of allylic oxidation sites excluding steroid dienone is 5. The number of quaternary nitrogens is 1. The second kappa shape index (κ2) is 11.9. The van der Waals surface area contributed by atoms with Crippen LogP contribution >= 0.6 is 0 Å². The lowest BCUT2D eigenvalue weighted by Gasteiger charge is -2.26. The van der Waals surface area contributed by atoms with Gasteiger partial charge in [-0.25, -0.2) is 10.1 Å². The van der Waals surface area contributed by atoms with E-state index in [-0.39, 0.29) is 16.8 Å². The molecule has 1 aromatic heterocycles. The maximum Gasteiger partial charge on any atom is 0.270 e. The third kappa shape index (κ3) is 6.40. The molecule has 0 radical (unpaired) electrons. The zero-order valence-electron chi connectivity index (χ0n) is 22.3. The van der Waals surface area contributed by atoms with Gasteiger partial charge in [0.1, 0.15) is 0 Å². The first-order valence-electron chi connectivity index (χ1n) is 12.5. The van der Waals surface area contributed by atoms with Crippen LogP contribution in [0.1, 0.15) is 12.0 Å². The summed E-state index contributed by atoms with van der Waals surface area (Å²) in [7, 11) is 6.49. The highest BCUT2D eigenvalue weighted by atomic mass is 16.5. The summed E-state index contributed by atoms with van der Waals surface area (Å²) in [6, 6.07) is 23.8. The van der Waals surface area contributed by atoms with Crippen molar-refractivity contribution in [2.75, 3.05) is 39.1 Å². The maximum absolute atomic E-state index is 10.0. The van der Waals surface area contributed by atoms with Gasteiger partial charge in [0, 0.05) is 37.0 Å². The molecule has 0 saturated carbocycles. The first-order valence-corrected chi connectivity index (χ1v) is 12.5. The normalized spacial score (nSPS) is 14.5. The van der Waals surface area contributed by atoms with Crippen molar-refractivity contribution >= 4 is 11.3 Å². The number of rotatable bonds is 8. The topological polar surface area (TPSA) is 77.3 Å². The largest absolute Gasteiger partial charge is 0.439 e. The van der Waals surface area contributed by atoms with E-state index in [1.165, 1.54) is 0 Å². The molecule has 0 atom stereocenters. The number of nitriles is 2. The summed E-state index contributed by atoms with van der Waals surface area (Å²) >= 11 is 0. The second-order valence-corrected chi connectivity index (χ2v) is 10.1. The molecule has 1 aliphatic heterocycles. The Bertz CT molecular complexity index is 1540. The van der Waals surface area contributed by atoms with Crippen LogP contribution in [0.15, 0.2) is 102 Å². The van der Waals surface area contributed by atoms with Crippen LogP contribution in [0.5, 0.6) is 5.75 Å². The molecule has 39 heavy (non-hydrogen) atoms. The summed E-state index contributed by atoms with van der Waals surface area (Å²) in [5.74, 6) is 1.32. The lowest BCUT2D eigenvalue weighted by molar-refractivity contribution is -0.870. The van der Waals surface area contributed by atoms with Gasteiger partial charge in [-0.15, -0.1) is 0 Å². The fraction of sp³-hybridized carbons (Fsp3) is 0.188. The summed E-state index contributed by atoms with van der Waals surface area (Å²) < 4.78 is 7.10. The highest BCUT2D eigenvalue weighted by Gasteiger charge is 2.27. The molecule has 0 aliphatic carbocycles. The van der Waals surface area contributed by atoms with Crippen LogP contribution in [0.4, 0.5) is 5.69 Å². The lowest BCUT2D eigenvalue weighted by Crippen LogP contribution is -2.37. The number of fused-ring (bicyclic) bond motifs is 1. The van der Waals surface area contributed by atoms with Crippen LogP contribution in [0.25, 0.3) is 21.5 Å². The Labute approximate surface area is 229 Å². The molecule has 7 heteroatoms. The molecular weight excluding hydrogens is 484 g/mol. The minimum absolute atomic E-state index is 0.169. The number of pyridine rings is 1. The zero-order chi connectivity index (χ0) is 27.8. The molecule has 0 fully saturated rings. The number of ether oxygens (including phenoxy) is 1. The molecular formula is C32H29N6O+. The lowest BCUT2D eigenvalue weighted by atomic mass is 9.97. The average molecular weight is 514 g/mol. The summed E-state index contributed by atoms with van der Waals surface area (Å²) in [6.07, 6.45) is 7.41. The van der Waals surface area contributed by atoms with Crippen molar-refractivity contribution in [2.24, 2.45) is 0 Å². The maximum atomic E-state index is 10.0. The molecule has 2 heterocycles. The van der Waals surface area contributed by atoms with E-state index in [1.807, 2.05) is 36.4 Å². The number of benzene rings is 2. The van der Waals surface area contributed by atoms with E-state index in [9.17, 15) is 10.5 Å². The van der Waals surface area contributed by atoms with Gasteiger partial charge in [0.05, 0.1) is 57.7 Å². The summed E-state index contributed by atoms with van der Waals surface area (Å²) in [5, 5.41) is 19.6. The molecule has 0 spiro atoms. The van der Waals surface area contributed by atoms with Crippen LogP contribution in [-0.2, 0) is 0 Å². The fourth-order valence-corrected chi connectivity index (χ4v) is 4.37. The Balaban J connectivity index is 1.76. The molecule has 1 aliphatic rings. The molecule has 2 aromatic carbocycles. The van der Waals surface area contributed by atoms with E-state index in [1.54, 1.807) is 36.7 Å². The number of nitrogens with zero attached hydrogens (tertiary/aromatic N) is 6. The van der Waals surface area contributed by atoms with Crippen LogP contribution in [0.2, 0.25) is 0 Å². The molecule has 192 valence electrons. The average Bonchev–Trinajstić information content (AvgIpc) is 3.29. The Morgan fingerprint density at radius 2 is 1.85 bits per heavy atom. The van der Waals surface area contributed by atoms with Gasteiger partial charge < -0.3 is 14.1 Å². The third-order valence-electron chi connectivity index (χ3n) is 6.24. The zero-order valence-corrected chi connectivity index (χ0v) is 22.3. The van der Waals surface area contributed by atoms with Crippen molar-refractivity contribution in [1.82, 2.24) is 4.98 Å². The first-order chi connectivity index (χ1) is 18.8. The van der Waals surface area contributed by atoms with Gasteiger partial charge in [-0.2, -0.15) is 5.26 Å². The van der Waals surface area contributed by atoms with E-state index in [0.29, 0.717) is 11.4 Å². The number of anilines is 1. The molecule has 4 rings (SSSR count). The summed E-state index contributed by atoms with van der Waals surface area (Å²) in [4.78, 5) is 9.59. The number of hydrogen-bond donors (Lipinski definition) is 0. The molecule has 0 saturated heterocycles. The van der Waals surface area contributed by atoms with Crippen molar-refractivity contribution in [3.8, 4) is 29.0 Å². The minimum atomic E-state index is -0.169. The summed E-state index contributed by atoms with van der Waals surface area (Å²) in [5.41, 5.74) is 3.94. The molecule has 0 unspecified atom stereocenters. The predicted octanol–water partition coefficient (Wildman–Crippen LogP) is 6.19. The van der Waals surface area contributed by atoms with Crippen LogP contribution < -0.4 is 9.64 Å². The van der Waals surface area contributed by atoms with Gasteiger partial charge in [0.15, 0.2) is 5.75 Å². The van der Waals surface area contributed by atoms with E-state index in [0.717, 1.165) is 46.6 Å². The van der Waals surface area contributed by atoms with Crippen LogP contribution in [0, 0.1) is 29.2 Å². The van der Waals surface area contributed by atoms with Gasteiger partial charge >= 0.3 is 0 Å². The van der Waals surface area contributed by atoms with Gasteiger partial charge in [-0.1, -0.05) is 42.5 Å². The Kier molecular flexibility index (Phi) is 8.22. The molecule has 7 nitrogen and oxygen atoms in total. The minimum Gasteiger partial charge on any atom is -0.439 e. The van der Waals surface area contributed by atoms with E-state index >= 15 is 0 Å². The highest BCUT2D eigenvalue weighted by molar-refractivity contribution is 5.88. The van der Waals surface area contributed by atoms with Crippen LogP contribution in [-0.4, -0.2) is 43.7 Å². The van der Waals surface area contributed by atoms with Crippen molar-refractivity contribution in [3.63, 3.8) is 0 Å². The quantitative estimate of drug-likeness (QED) is 0.155. The molecule has 0 amide bonds. The van der Waals surface area contributed by atoms with Crippen molar-refractivity contribution in [2.45, 2.75) is 6.42 Å². The SMILES string of the molecule is [C-]#[N+]/C(C#N)=C(/C(C#N)=C/C=C1\Oc2ccc(-c3ccccc3)cc2N1CCC[N+](C)(C)C)c1cccnc1. The van der Waals surface area contributed by atoms with Crippen molar-refractivity contribution in [3.05, 3.63) is 119 Å². The van der Waals surface area contributed by atoms with Crippen LogP contribution in [0.3, 0.4) is 0 Å². The third-order valence-corrected chi connectivity index (χ3v) is 6.24. The Morgan fingerprint density at radius 3 is 2.49 bits per heavy atom. The Morgan fingerprint density at radius 1 is 1.05 bits per heavy atom. The van der Waals surface area contributed by atoms with Crippen molar-refractivity contribution in [1.29, 1.82) is 10.5 Å². The number of aromatic nitrogens is 1. The van der Waals surface area contributed by atoms with Gasteiger partial charge in [0.2, 0.25) is 5.88 Å². The molecule has 3 aromatic rings. The predicted molar refractivity (Wildman–Crippen MR) is 153 cm³/mol. The van der Waals surface area contributed by atoms with E-state index < -0.39 is 0 Å². The molecule has 0 bridgehead atoms. The van der Waals surface area contributed by atoms with Crippen molar-refractivity contribution < 1.29 is 9.22 Å². The Hall–Kier alpha value is -5.16. The fourth-order valence-electron chi connectivity index (χ4n) is 4.37. The molecule has 0 N–H and O–H groups in total. The van der Waals surface area contributed by atoms with Gasteiger partial charge in [0.25, 0.3) is 5.70 Å². The highest BCUT2D eigenvalue weighted by Crippen LogP contribution is 2.42. The second-order valence-electron chi connectivity index (χ2n) is 10.1. The smallest absolute Gasteiger partial charge is 0.270 e. The van der Waals surface area contributed by atoms with Gasteiger partial charge in [-0.05, 0) is 41.0 Å². The monoisotopic (exact) mass is 513 g/mol. The number of hydrogen-bond acceptors (Lipinski definition) is 5.